The van der Waals surface area contributed by atoms with Crippen molar-refractivity contribution in [2.75, 3.05) is 6.54 Å². The van der Waals surface area contributed by atoms with Gasteiger partial charge < -0.3 is 9.88 Å². The summed E-state index contributed by atoms with van der Waals surface area (Å²) >= 11 is 8.21. The van der Waals surface area contributed by atoms with E-state index in [-0.39, 0.29) is 5.91 Å². The van der Waals surface area contributed by atoms with Gasteiger partial charge >= 0.3 is 0 Å². The van der Waals surface area contributed by atoms with Gasteiger partial charge in [-0.3, -0.25) is 4.79 Å². The highest BCUT2D eigenvalue weighted by Gasteiger charge is 2.11. The fourth-order valence-electron chi connectivity index (χ4n) is 2.19. The summed E-state index contributed by atoms with van der Waals surface area (Å²) in [6, 6.07) is 9.88. The van der Waals surface area contributed by atoms with Crippen LogP contribution in [-0.2, 0) is 6.54 Å². The van der Waals surface area contributed by atoms with Gasteiger partial charge in [-0.25, -0.2) is 4.98 Å². The number of aromatic nitrogens is 2. The van der Waals surface area contributed by atoms with E-state index in [1.807, 2.05) is 30.6 Å². The minimum atomic E-state index is -0.0353. The highest BCUT2D eigenvalue weighted by atomic mass is 79.9. The fraction of sp³-hybridized carbons (Fsp3) is 0.200. The van der Waals surface area contributed by atoms with Gasteiger partial charge in [0.25, 0.3) is 5.91 Å². The second-order valence-electron chi connectivity index (χ2n) is 4.77. The highest BCUT2D eigenvalue weighted by Crippen LogP contribution is 2.32. The molecule has 0 aliphatic heterocycles. The largest absolute Gasteiger partial charge is 0.351 e. The number of nitrogens with zero attached hydrogens (tertiary/aromatic N) is 2. The van der Waals surface area contributed by atoms with Crippen molar-refractivity contribution in [1.29, 1.82) is 0 Å². The van der Waals surface area contributed by atoms with Gasteiger partial charge in [0.2, 0.25) is 0 Å². The number of hydrogen-bond acceptors (Lipinski definition) is 3. The first-order chi connectivity index (χ1) is 10.6. The number of carbonyl (C=O) groups is 1. The maximum absolute atomic E-state index is 12.0. The minimum absolute atomic E-state index is 0.0353. The number of rotatable bonds is 5. The lowest BCUT2D eigenvalue weighted by atomic mass is 10.3. The summed E-state index contributed by atoms with van der Waals surface area (Å²) in [7, 11) is 0. The van der Waals surface area contributed by atoms with E-state index in [2.05, 4.69) is 52.8 Å². The van der Waals surface area contributed by atoms with E-state index >= 15 is 0 Å². The number of aryl methyl sites for hydroxylation is 1. The highest BCUT2D eigenvalue weighted by molar-refractivity contribution is 9.13. The van der Waals surface area contributed by atoms with Crippen molar-refractivity contribution >= 4 is 60.1 Å². The summed E-state index contributed by atoms with van der Waals surface area (Å²) in [6.07, 6.45) is 2.71. The van der Waals surface area contributed by atoms with Crippen molar-refractivity contribution < 1.29 is 4.79 Å². The summed E-state index contributed by atoms with van der Waals surface area (Å²) < 4.78 is 3.95. The monoisotopic (exact) mass is 441 g/mol. The average molecular weight is 443 g/mol. The Morgan fingerprint density at radius 2 is 2.14 bits per heavy atom. The van der Waals surface area contributed by atoms with Gasteiger partial charge in [-0.2, -0.15) is 0 Å². The first-order valence-electron chi connectivity index (χ1n) is 6.78. The number of para-hydroxylation sites is 2. The molecule has 0 spiro atoms. The van der Waals surface area contributed by atoms with Crippen molar-refractivity contribution in [2.24, 2.45) is 0 Å². The van der Waals surface area contributed by atoms with Crippen LogP contribution >= 0.6 is 43.2 Å². The molecule has 0 fully saturated rings. The maximum Gasteiger partial charge on any atom is 0.261 e. The molecule has 3 aromatic rings. The minimum Gasteiger partial charge on any atom is -0.351 e. The molecule has 1 N–H and O–H groups in total. The Morgan fingerprint density at radius 3 is 2.91 bits per heavy atom. The molecule has 7 heteroatoms. The number of nitrogens with one attached hydrogen (secondary N) is 1. The van der Waals surface area contributed by atoms with Gasteiger partial charge in [-0.15, -0.1) is 11.3 Å². The topological polar surface area (TPSA) is 46.9 Å². The Balaban J connectivity index is 1.52. The van der Waals surface area contributed by atoms with Crippen LogP contribution in [0.15, 0.2) is 44.9 Å². The Kier molecular flexibility index (Phi) is 4.95. The molecule has 22 heavy (non-hydrogen) atoms. The van der Waals surface area contributed by atoms with Crippen LogP contribution in [0.4, 0.5) is 0 Å². The van der Waals surface area contributed by atoms with E-state index in [1.165, 1.54) is 11.3 Å². The molecule has 0 bridgehead atoms. The number of carbonyl (C=O) groups excluding carboxylic acids is 1. The molecule has 0 aliphatic carbocycles. The summed E-state index contributed by atoms with van der Waals surface area (Å²) in [4.78, 5) is 17.1. The van der Waals surface area contributed by atoms with Gasteiger partial charge in [-0.05, 0) is 56.5 Å². The number of imidazole rings is 1. The predicted molar refractivity (Wildman–Crippen MR) is 96.4 cm³/mol. The molecular weight excluding hydrogens is 430 g/mol. The van der Waals surface area contributed by atoms with Crippen molar-refractivity contribution in [3.8, 4) is 0 Å². The lowest BCUT2D eigenvalue weighted by Gasteiger charge is -2.05. The second-order valence-corrected chi connectivity index (χ2v) is 7.99. The number of hydrogen-bond donors (Lipinski definition) is 1. The summed E-state index contributed by atoms with van der Waals surface area (Å²) in [6.45, 7) is 1.47. The third kappa shape index (κ3) is 3.42. The molecule has 2 heterocycles. The molecule has 4 nitrogen and oxygen atoms in total. The van der Waals surface area contributed by atoms with Crippen molar-refractivity contribution in [3.63, 3.8) is 0 Å². The second kappa shape index (κ2) is 6.93. The molecule has 0 saturated heterocycles. The summed E-state index contributed by atoms with van der Waals surface area (Å²) in [5.74, 6) is -0.0353. The zero-order valence-electron chi connectivity index (χ0n) is 11.6. The number of halogens is 2. The quantitative estimate of drug-likeness (QED) is 0.593. The van der Waals surface area contributed by atoms with Crippen LogP contribution in [0.2, 0.25) is 0 Å². The van der Waals surface area contributed by atoms with Crippen molar-refractivity contribution in [3.05, 3.63) is 49.8 Å². The van der Waals surface area contributed by atoms with Crippen LogP contribution in [0.1, 0.15) is 16.1 Å². The van der Waals surface area contributed by atoms with E-state index in [0.717, 1.165) is 32.3 Å². The normalized spacial score (nSPS) is 11.0. The van der Waals surface area contributed by atoms with E-state index in [1.54, 1.807) is 0 Å². The Hall–Kier alpha value is -1.18. The predicted octanol–water partition coefficient (Wildman–Crippen LogP) is 4.44. The third-order valence-corrected chi connectivity index (χ3v) is 6.51. The zero-order chi connectivity index (χ0) is 15.5. The van der Waals surface area contributed by atoms with Crippen LogP contribution in [0, 0.1) is 0 Å². The number of fused-ring (bicyclic) bond motifs is 1. The first kappa shape index (κ1) is 15.7. The van der Waals surface area contributed by atoms with Gasteiger partial charge in [0, 0.05) is 17.6 Å². The maximum atomic E-state index is 12.0. The van der Waals surface area contributed by atoms with E-state index in [9.17, 15) is 4.79 Å². The summed E-state index contributed by atoms with van der Waals surface area (Å²) in [5.41, 5.74) is 2.12. The molecule has 0 unspecified atom stereocenters. The Morgan fingerprint density at radius 1 is 1.32 bits per heavy atom. The third-order valence-electron chi connectivity index (χ3n) is 3.26. The van der Waals surface area contributed by atoms with Gasteiger partial charge in [-0.1, -0.05) is 12.1 Å². The fourth-order valence-corrected chi connectivity index (χ4v) is 4.14. The van der Waals surface area contributed by atoms with Gasteiger partial charge in [0.1, 0.15) is 0 Å². The van der Waals surface area contributed by atoms with E-state index in [4.69, 9.17) is 0 Å². The van der Waals surface area contributed by atoms with Crippen molar-refractivity contribution in [2.45, 2.75) is 13.0 Å². The molecule has 0 atom stereocenters. The molecule has 2 aromatic heterocycles. The first-order valence-corrected chi connectivity index (χ1v) is 9.18. The number of benzene rings is 1. The van der Waals surface area contributed by atoms with Crippen molar-refractivity contribution in [1.82, 2.24) is 14.9 Å². The Labute approximate surface area is 148 Å². The number of thiophene rings is 1. The van der Waals surface area contributed by atoms with Crippen LogP contribution in [-0.4, -0.2) is 22.0 Å². The average Bonchev–Trinajstić information content (AvgIpc) is 3.08. The van der Waals surface area contributed by atoms with E-state index in [0.29, 0.717) is 11.4 Å². The summed E-state index contributed by atoms with van der Waals surface area (Å²) in [5, 5.41) is 2.95. The lowest BCUT2D eigenvalue weighted by Crippen LogP contribution is -2.24. The van der Waals surface area contributed by atoms with E-state index < -0.39 is 0 Å². The molecule has 0 aliphatic rings. The SMILES string of the molecule is O=C(NCCCn1cnc2ccccc21)c1cc(Br)c(Br)s1. The molecule has 0 saturated carbocycles. The van der Waals surface area contributed by atoms with Crippen LogP contribution in [0.5, 0.6) is 0 Å². The molecule has 3 rings (SSSR count). The molecule has 0 radical (unpaired) electrons. The standard InChI is InChI=1S/C15H13Br2N3OS/c16-10-8-13(22-14(10)17)15(21)18-6-3-7-20-9-19-11-4-1-2-5-12(11)20/h1-2,4-5,8-9H,3,6-7H2,(H,18,21). The van der Waals surface area contributed by atoms with Crippen LogP contribution in [0.3, 0.4) is 0 Å². The molecule has 1 aromatic carbocycles. The molecular formula is C15H13Br2N3OS. The molecule has 1 amide bonds. The lowest BCUT2D eigenvalue weighted by molar-refractivity contribution is 0.0957. The smallest absolute Gasteiger partial charge is 0.261 e. The number of amides is 1. The molecule has 114 valence electrons. The van der Waals surface area contributed by atoms with Gasteiger partial charge in [0.05, 0.1) is 26.0 Å². The van der Waals surface area contributed by atoms with Crippen LogP contribution < -0.4 is 5.32 Å². The Bertz CT molecular complexity index is 793. The van der Waals surface area contributed by atoms with Crippen LogP contribution in [0.25, 0.3) is 11.0 Å². The van der Waals surface area contributed by atoms with Gasteiger partial charge in [0.15, 0.2) is 0 Å². The zero-order valence-corrected chi connectivity index (χ0v) is 15.5.